The number of anilines is 1. The summed E-state index contributed by atoms with van der Waals surface area (Å²) in [7, 11) is 1.36. The molecule has 0 saturated heterocycles. The van der Waals surface area contributed by atoms with Crippen molar-refractivity contribution in [2.45, 2.75) is 0 Å². The normalized spacial score (nSPS) is 10.1. The largest absolute Gasteiger partial charge is 0.481 e. The Hall–Kier alpha value is -2.97. The fourth-order valence-electron chi connectivity index (χ4n) is 1.41. The van der Waals surface area contributed by atoms with Crippen molar-refractivity contribution in [3.63, 3.8) is 0 Å². The van der Waals surface area contributed by atoms with E-state index in [1.54, 1.807) is 0 Å². The van der Waals surface area contributed by atoms with Gasteiger partial charge in [0.25, 0.3) is 0 Å². The predicted molar refractivity (Wildman–Crippen MR) is 66.1 cm³/mol. The van der Waals surface area contributed by atoms with Crippen LogP contribution < -0.4 is 15.2 Å². The minimum atomic E-state index is -0.698. The van der Waals surface area contributed by atoms with Gasteiger partial charge in [0, 0.05) is 12.1 Å². The summed E-state index contributed by atoms with van der Waals surface area (Å²) in [5.41, 5.74) is 5.03. The van der Waals surface area contributed by atoms with Crippen LogP contribution in [-0.2, 0) is 0 Å². The Morgan fingerprint density at radius 3 is 2.65 bits per heavy atom. The number of nitro benzene ring substituents is 1. The first-order valence-electron chi connectivity index (χ1n) is 5.30. The smallest absolute Gasteiger partial charge is 0.311 e. The first-order valence-corrected chi connectivity index (χ1v) is 5.30. The van der Waals surface area contributed by atoms with Gasteiger partial charge in [-0.25, -0.2) is 4.39 Å². The van der Waals surface area contributed by atoms with Gasteiger partial charge in [-0.15, -0.1) is 0 Å². The van der Waals surface area contributed by atoms with Crippen LogP contribution in [0.2, 0.25) is 0 Å². The molecule has 2 aromatic rings. The van der Waals surface area contributed by atoms with Crippen molar-refractivity contribution in [2.75, 3.05) is 12.8 Å². The standard InChI is InChI=1S/C11H9FN4O4/c1-19-9-5-10(15-11(13)14-9)20-8-4-6(12)2-3-7(8)16(17)18/h2-5H,1H3,(H2,13,14,15). The van der Waals surface area contributed by atoms with Crippen LogP contribution >= 0.6 is 0 Å². The highest BCUT2D eigenvalue weighted by atomic mass is 19.1. The van der Waals surface area contributed by atoms with Crippen LogP contribution in [0.5, 0.6) is 17.5 Å². The zero-order valence-electron chi connectivity index (χ0n) is 10.2. The Bertz CT molecular complexity index is 665. The number of nitrogen functional groups attached to an aromatic ring is 1. The fraction of sp³-hybridized carbons (Fsp3) is 0.0909. The van der Waals surface area contributed by atoms with Gasteiger partial charge >= 0.3 is 5.69 Å². The van der Waals surface area contributed by atoms with Crippen molar-refractivity contribution in [3.05, 3.63) is 40.2 Å². The van der Waals surface area contributed by atoms with E-state index in [1.807, 2.05) is 0 Å². The molecule has 0 aliphatic carbocycles. The first kappa shape index (κ1) is 13.5. The third kappa shape index (κ3) is 2.88. The number of halogens is 1. The Balaban J connectivity index is 2.41. The van der Waals surface area contributed by atoms with E-state index in [9.17, 15) is 14.5 Å². The van der Waals surface area contributed by atoms with Gasteiger partial charge in [-0.2, -0.15) is 9.97 Å². The van der Waals surface area contributed by atoms with Crippen LogP contribution in [0.4, 0.5) is 16.0 Å². The molecule has 1 heterocycles. The number of nitrogens with zero attached hydrogens (tertiary/aromatic N) is 3. The quantitative estimate of drug-likeness (QED) is 0.672. The molecule has 0 bridgehead atoms. The molecule has 8 nitrogen and oxygen atoms in total. The van der Waals surface area contributed by atoms with Crippen molar-refractivity contribution >= 4 is 11.6 Å². The van der Waals surface area contributed by atoms with E-state index in [-0.39, 0.29) is 23.5 Å². The van der Waals surface area contributed by atoms with Gasteiger partial charge in [0.15, 0.2) is 0 Å². The Kier molecular flexibility index (Phi) is 3.60. The lowest BCUT2D eigenvalue weighted by Gasteiger charge is -2.07. The maximum atomic E-state index is 13.2. The van der Waals surface area contributed by atoms with Gasteiger partial charge in [-0.05, 0) is 6.07 Å². The molecule has 0 radical (unpaired) electrons. The Labute approximate surface area is 112 Å². The predicted octanol–water partition coefficient (Wildman–Crippen LogP) is 1.91. The van der Waals surface area contributed by atoms with E-state index in [2.05, 4.69) is 9.97 Å². The molecule has 20 heavy (non-hydrogen) atoms. The summed E-state index contributed by atoms with van der Waals surface area (Å²) < 4.78 is 23.2. The zero-order valence-corrected chi connectivity index (χ0v) is 10.2. The number of nitrogens with two attached hydrogens (primary N) is 1. The molecule has 0 fully saturated rings. The number of aromatic nitrogens is 2. The van der Waals surface area contributed by atoms with Gasteiger partial charge in [0.05, 0.1) is 18.1 Å². The van der Waals surface area contributed by atoms with Crippen molar-refractivity contribution in [3.8, 4) is 17.5 Å². The topological polar surface area (TPSA) is 113 Å². The molecule has 0 aliphatic heterocycles. The number of methoxy groups -OCH3 is 1. The molecular weight excluding hydrogens is 271 g/mol. The van der Waals surface area contributed by atoms with E-state index >= 15 is 0 Å². The van der Waals surface area contributed by atoms with E-state index in [0.29, 0.717) is 0 Å². The van der Waals surface area contributed by atoms with Crippen molar-refractivity contribution in [1.29, 1.82) is 0 Å². The highest BCUT2D eigenvalue weighted by Crippen LogP contribution is 2.32. The van der Waals surface area contributed by atoms with Crippen molar-refractivity contribution in [2.24, 2.45) is 0 Å². The Morgan fingerprint density at radius 2 is 2.00 bits per heavy atom. The second-order valence-electron chi connectivity index (χ2n) is 3.58. The average molecular weight is 280 g/mol. The molecule has 0 spiro atoms. The number of nitro groups is 1. The number of hydrogen-bond acceptors (Lipinski definition) is 7. The van der Waals surface area contributed by atoms with Crippen molar-refractivity contribution in [1.82, 2.24) is 9.97 Å². The molecule has 104 valence electrons. The average Bonchev–Trinajstić information content (AvgIpc) is 2.37. The van der Waals surface area contributed by atoms with Crippen LogP contribution in [-0.4, -0.2) is 22.0 Å². The van der Waals surface area contributed by atoms with Crippen LogP contribution in [0.25, 0.3) is 0 Å². The second-order valence-corrected chi connectivity index (χ2v) is 3.58. The molecule has 2 N–H and O–H groups in total. The summed E-state index contributed by atoms with van der Waals surface area (Å²) in [6.07, 6.45) is 0. The summed E-state index contributed by atoms with van der Waals surface area (Å²) in [6, 6.07) is 4.10. The van der Waals surface area contributed by atoms with Gasteiger partial charge in [0.2, 0.25) is 23.5 Å². The van der Waals surface area contributed by atoms with E-state index < -0.39 is 16.4 Å². The zero-order chi connectivity index (χ0) is 14.7. The summed E-state index contributed by atoms with van der Waals surface area (Å²) in [6.45, 7) is 0. The van der Waals surface area contributed by atoms with E-state index in [1.165, 1.54) is 13.2 Å². The number of benzene rings is 1. The van der Waals surface area contributed by atoms with Crippen LogP contribution in [0.3, 0.4) is 0 Å². The number of rotatable bonds is 4. The van der Waals surface area contributed by atoms with E-state index in [4.69, 9.17) is 15.2 Å². The third-order valence-electron chi connectivity index (χ3n) is 2.24. The van der Waals surface area contributed by atoms with Crippen molar-refractivity contribution < 1.29 is 18.8 Å². The minimum absolute atomic E-state index is 0.0944. The van der Waals surface area contributed by atoms with Gasteiger partial charge in [-0.1, -0.05) is 0 Å². The van der Waals surface area contributed by atoms with Gasteiger partial charge in [0.1, 0.15) is 5.82 Å². The Morgan fingerprint density at radius 1 is 1.30 bits per heavy atom. The molecule has 0 saturated carbocycles. The summed E-state index contributed by atoms with van der Waals surface area (Å²) in [4.78, 5) is 17.6. The molecule has 1 aromatic heterocycles. The van der Waals surface area contributed by atoms with Crippen LogP contribution in [0.1, 0.15) is 0 Å². The molecule has 9 heteroatoms. The minimum Gasteiger partial charge on any atom is -0.481 e. The molecule has 0 unspecified atom stereocenters. The molecule has 1 aromatic carbocycles. The number of ether oxygens (including phenoxy) is 2. The monoisotopic (exact) mass is 280 g/mol. The summed E-state index contributed by atoms with van der Waals surface area (Å²) in [5, 5.41) is 10.8. The molecule has 0 aliphatic rings. The highest BCUT2D eigenvalue weighted by molar-refractivity contribution is 5.48. The van der Waals surface area contributed by atoms with Gasteiger partial charge < -0.3 is 15.2 Å². The lowest BCUT2D eigenvalue weighted by Crippen LogP contribution is -2.01. The van der Waals surface area contributed by atoms with Crippen LogP contribution in [0, 0.1) is 15.9 Å². The molecular formula is C11H9FN4O4. The van der Waals surface area contributed by atoms with E-state index in [0.717, 1.165) is 18.2 Å². The lowest BCUT2D eigenvalue weighted by atomic mass is 10.3. The molecule has 2 rings (SSSR count). The SMILES string of the molecule is COc1cc(Oc2cc(F)ccc2[N+](=O)[O-])nc(N)n1. The third-order valence-corrected chi connectivity index (χ3v) is 2.24. The number of hydrogen-bond donors (Lipinski definition) is 1. The van der Waals surface area contributed by atoms with Crippen LogP contribution in [0.15, 0.2) is 24.3 Å². The second kappa shape index (κ2) is 5.34. The maximum absolute atomic E-state index is 13.2. The first-order chi connectivity index (χ1) is 9.49. The molecule has 0 atom stereocenters. The fourth-order valence-corrected chi connectivity index (χ4v) is 1.41. The summed E-state index contributed by atoms with van der Waals surface area (Å²) >= 11 is 0. The molecule has 0 amide bonds. The highest BCUT2D eigenvalue weighted by Gasteiger charge is 2.18. The lowest BCUT2D eigenvalue weighted by molar-refractivity contribution is -0.385. The van der Waals surface area contributed by atoms with Gasteiger partial charge in [-0.3, -0.25) is 10.1 Å². The maximum Gasteiger partial charge on any atom is 0.311 e. The summed E-state index contributed by atoms with van der Waals surface area (Å²) in [5.74, 6) is -1.09.